The van der Waals surface area contributed by atoms with Crippen LogP contribution in [-0.4, -0.2) is 0 Å². The van der Waals surface area contributed by atoms with Gasteiger partial charge < -0.3 is 0 Å². The largest absolute Gasteiger partial charge is 0.0848 e. The molecule has 3 atom stereocenters. The van der Waals surface area contributed by atoms with Crippen molar-refractivity contribution in [3.05, 3.63) is 12.2 Å². The van der Waals surface area contributed by atoms with Crippen molar-refractivity contribution in [2.75, 3.05) is 0 Å². The topological polar surface area (TPSA) is 0 Å². The third-order valence-electron chi connectivity index (χ3n) is 3.52. The van der Waals surface area contributed by atoms with Crippen molar-refractivity contribution < 1.29 is 0 Å². The Balaban J connectivity index is 2.19. The van der Waals surface area contributed by atoms with E-state index in [-0.39, 0.29) is 0 Å². The smallest absolute Gasteiger partial charge is 0.00579 e. The van der Waals surface area contributed by atoms with E-state index in [9.17, 15) is 0 Å². The fourth-order valence-electron chi connectivity index (χ4n) is 2.51. The molecule has 0 saturated heterocycles. The first-order valence-electron chi connectivity index (χ1n) is 4.36. The molecular formula is C10H16. The zero-order chi connectivity index (χ0) is 7.35. The van der Waals surface area contributed by atoms with Gasteiger partial charge in [-0.05, 0) is 29.6 Å². The van der Waals surface area contributed by atoms with Crippen molar-refractivity contribution >= 4 is 0 Å². The van der Waals surface area contributed by atoms with E-state index in [2.05, 4.69) is 32.9 Å². The van der Waals surface area contributed by atoms with Crippen molar-refractivity contribution in [1.29, 1.82) is 0 Å². The molecule has 2 rings (SSSR count). The highest BCUT2D eigenvalue weighted by Crippen LogP contribution is 2.65. The van der Waals surface area contributed by atoms with Gasteiger partial charge in [0.1, 0.15) is 0 Å². The summed E-state index contributed by atoms with van der Waals surface area (Å²) >= 11 is 0. The van der Waals surface area contributed by atoms with Crippen LogP contribution in [0.25, 0.3) is 0 Å². The van der Waals surface area contributed by atoms with Crippen LogP contribution in [-0.2, 0) is 0 Å². The number of hydrogen-bond donors (Lipinski definition) is 0. The average molecular weight is 136 g/mol. The maximum atomic E-state index is 2.47. The molecule has 2 aliphatic rings. The van der Waals surface area contributed by atoms with E-state index in [1.54, 1.807) is 0 Å². The average Bonchev–Trinajstić information content (AvgIpc) is 2.52. The minimum absolute atomic E-state index is 0.652. The minimum atomic E-state index is 0.652. The van der Waals surface area contributed by atoms with Crippen molar-refractivity contribution in [3.8, 4) is 0 Å². The molecule has 0 heteroatoms. The minimum Gasteiger partial charge on any atom is -0.0848 e. The van der Waals surface area contributed by atoms with Gasteiger partial charge in [-0.2, -0.15) is 0 Å². The van der Waals surface area contributed by atoms with Crippen LogP contribution in [0.2, 0.25) is 0 Å². The Hall–Kier alpha value is -0.260. The van der Waals surface area contributed by atoms with Crippen LogP contribution < -0.4 is 0 Å². The molecule has 0 nitrogen and oxygen atoms in total. The highest BCUT2D eigenvalue weighted by Gasteiger charge is 2.58. The molecule has 2 aliphatic carbocycles. The highest BCUT2D eigenvalue weighted by molar-refractivity contribution is 5.25. The van der Waals surface area contributed by atoms with Crippen LogP contribution in [0.3, 0.4) is 0 Å². The van der Waals surface area contributed by atoms with Gasteiger partial charge in [0, 0.05) is 0 Å². The molecule has 0 aliphatic heterocycles. The molecule has 0 N–H and O–H groups in total. The van der Waals surface area contributed by atoms with E-state index < -0.39 is 0 Å². The molecule has 56 valence electrons. The summed E-state index contributed by atoms with van der Waals surface area (Å²) in [4.78, 5) is 0. The summed E-state index contributed by atoms with van der Waals surface area (Å²) in [5.74, 6) is 2.73. The van der Waals surface area contributed by atoms with Crippen LogP contribution in [0.15, 0.2) is 12.2 Å². The first-order valence-corrected chi connectivity index (χ1v) is 4.36. The Morgan fingerprint density at radius 3 is 2.40 bits per heavy atom. The van der Waals surface area contributed by atoms with E-state index in [0.717, 1.165) is 17.8 Å². The Morgan fingerprint density at radius 1 is 1.50 bits per heavy atom. The predicted octanol–water partition coefficient (Wildman–Crippen LogP) is 2.85. The Morgan fingerprint density at radius 2 is 2.20 bits per heavy atom. The van der Waals surface area contributed by atoms with E-state index in [0.29, 0.717) is 5.41 Å². The Labute approximate surface area is 63.3 Å². The zero-order valence-electron chi connectivity index (χ0n) is 7.09. The van der Waals surface area contributed by atoms with E-state index in [4.69, 9.17) is 0 Å². The fourth-order valence-corrected chi connectivity index (χ4v) is 2.51. The molecular weight excluding hydrogens is 120 g/mol. The lowest BCUT2D eigenvalue weighted by molar-refractivity contribution is 0.401. The van der Waals surface area contributed by atoms with E-state index >= 15 is 0 Å². The third-order valence-corrected chi connectivity index (χ3v) is 3.52. The van der Waals surface area contributed by atoms with Gasteiger partial charge in [0.15, 0.2) is 0 Å². The molecule has 0 bridgehead atoms. The summed E-state index contributed by atoms with van der Waals surface area (Å²) in [6.45, 7) is 7.04. The third kappa shape index (κ3) is 0.574. The normalized spacial score (nSPS) is 50.0. The molecule has 0 radical (unpaired) electrons. The molecule has 0 aromatic heterocycles. The van der Waals surface area contributed by atoms with Gasteiger partial charge in [-0.1, -0.05) is 32.9 Å². The van der Waals surface area contributed by atoms with Crippen LogP contribution >= 0.6 is 0 Å². The summed E-state index contributed by atoms with van der Waals surface area (Å²) in [5, 5.41) is 0. The molecule has 0 aromatic rings. The predicted molar refractivity (Wildman–Crippen MR) is 43.7 cm³/mol. The van der Waals surface area contributed by atoms with Gasteiger partial charge >= 0.3 is 0 Å². The molecule has 0 amide bonds. The van der Waals surface area contributed by atoms with Crippen LogP contribution in [0.4, 0.5) is 0 Å². The SMILES string of the molecule is CC(C)[C@@]12C=C[C@H](C)[C@@H]1C2. The van der Waals surface area contributed by atoms with Gasteiger partial charge in [-0.3, -0.25) is 0 Å². The van der Waals surface area contributed by atoms with Crippen LogP contribution in [0.1, 0.15) is 27.2 Å². The molecule has 1 saturated carbocycles. The number of hydrogen-bond acceptors (Lipinski definition) is 0. The van der Waals surface area contributed by atoms with Gasteiger partial charge in [0.05, 0.1) is 0 Å². The summed E-state index contributed by atoms with van der Waals surface area (Å²) in [6, 6.07) is 0. The lowest BCUT2D eigenvalue weighted by atomic mass is 9.91. The molecule has 0 unspecified atom stereocenters. The van der Waals surface area contributed by atoms with Crippen molar-refractivity contribution in [3.63, 3.8) is 0 Å². The highest BCUT2D eigenvalue weighted by atomic mass is 14.6. The first-order chi connectivity index (χ1) is 4.67. The number of allylic oxidation sites excluding steroid dienone is 2. The van der Waals surface area contributed by atoms with E-state index in [1.807, 2.05) is 0 Å². The summed E-state index contributed by atoms with van der Waals surface area (Å²) < 4.78 is 0. The molecule has 10 heavy (non-hydrogen) atoms. The monoisotopic (exact) mass is 136 g/mol. The van der Waals surface area contributed by atoms with Gasteiger partial charge in [-0.15, -0.1) is 0 Å². The van der Waals surface area contributed by atoms with Gasteiger partial charge in [0.25, 0.3) is 0 Å². The lowest BCUT2D eigenvalue weighted by Crippen LogP contribution is -2.06. The second kappa shape index (κ2) is 1.66. The van der Waals surface area contributed by atoms with Crippen molar-refractivity contribution in [2.24, 2.45) is 23.2 Å². The maximum absolute atomic E-state index is 2.47. The molecule has 0 heterocycles. The first kappa shape index (κ1) is 6.45. The summed E-state index contributed by atoms with van der Waals surface area (Å²) in [7, 11) is 0. The van der Waals surface area contributed by atoms with Gasteiger partial charge in [-0.25, -0.2) is 0 Å². The maximum Gasteiger partial charge on any atom is -0.00579 e. The number of rotatable bonds is 1. The zero-order valence-corrected chi connectivity index (χ0v) is 7.09. The fraction of sp³-hybridized carbons (Fsp3) is 0.800. The quantitative estimate of drug-likeness (QED) is 0.486. The second-order valence-electron chi connectivity index (χ2n) is 4.30. The van der Waals surface area contributed by atoms with Crippen molar-refractivity contribution in [1.82, 2.24) is 0 Å². The molecule has 0 aromatic carbocycles. The van der Waals surface area contributed by atoms with Crippen LogP contribution in [0.5, 0.6) is 0 Å². The second-order valence-corrected chi connectivity index (χ2v) is 4.30. The van der Waals surface area contributed by atoms with Crippen molar-refractivity contribution in [2.45, 2.75) is 27.2 Å². The molecule has 0 spiro atoms. The summed E-state index contributed by atoms with van der Waals surface area (Å²) in [6.07, 6.45) is 6.32. The number of fused-ring (bicyclic) bond motifs is 1. The Bertz CT molecular complexity index is 178. The molecule has 1 fully saturated rings. The van der Waals surface area contributed by atoms with Gasteiger partial charge in [0.2, 0.25) is 0 Å². The Kier molecular flexibility index (Phi) is 1.07. The standard InChI is InChI=1S/C10H16/c1-7(2)10-5-4-8(3)9(10)6-10/h4-5,7-9H,6H2,1-3H3/t8-,9-,10-/m0/s1. The lowest BCUT2D eigenvalue weighted by Gasteiger charge is -2.13. The van der Waals surface area contributed by atoms with E-state index in [1.165, 1.54) is 6.42 Å². The van der Waals surface area contributed by atoms with Crippen LogP contribution in [0, 0.1) is 23.2 Å². The summed E-state index contributed by atoms with van der Waals surface area (Å²) in [5.41, 5.74) is 0.652.